The first-order chi connectivity index (χ1) is 11.1. The van der Waals surface area contributed by atoms with E-state index in [1.54, 1.807) is 7.11 Å². The summed E-state index contributed by atoms with van der Waals surface area (Å²) in [7, 11) is 1.65. The minimum Gasteiger partial charge on any atom is -0.468 e. The van der Waals surface area contributed by atoms with Crippen LogP contribution >= 0.6 is 0 Å². The van der Waals surface area contributed by atoms with E-state index < -0.39 is 0 Å². The summed E-state index contributed by atoms with van der Waals surface area (Å²) in [5, 5.41) is 10.5. The summed E-state index contributed by atoms with van der Waals surface area (Å²) >= 11 is 0. The number of fused-ring (bicyclic) bond motifs is 5. The molecule has 0 aromatic carbocycles. The number of methoxy groups -OCH3 is 1. The fourth-order valence-electron chi connectivity index (χ4n) is 5.77. The van der Waals surface area contributed by atoms with Gasteiger partial charge in [0.25, 0.3) is 0 Å². The lowest BCUT2D eigenvalue weighted by atomic mass is 9.54. The molecule has 23 heavy (non-hydrogen) atoms. The molecule has 0 saturated heterocycles. The Morgan fingerprint density at radius 2 is 2.13 bits per heavy atom. The first kappa shape index (κ1) is 15.5. The molecule has 1 N–H and O–H groups in total. The first-order valence-corrected chi connectivity index (χ1v) is 9.03. The standard InChI is InChI=1S/C20H28O3/c1-20-10-9-16-15-6-4-14(23-12-22-2)11-13(15)3-5-17(16)18(20)7-8-19(20)21/h3-4,6,11,15-19,21H,5,7-10,12H2,1-2H3/t15-,16+,17+,18-,19-,20-/m0/s1. The Balaban J connectivity index is 1.56. The summed E-state index contributed by atoms with van der Waals surface area (Å²) in [6.07, 6.45) is 14.7. The summed E-state index contributed by atoms with van der Waals surface area (Å²) in [4.78, 5) is 0. The van der Waals surface area contributed by atoms with E-state index in [0.29, 0.717) is 18.6 Å². The molecule has 2 fully saturated rings. The van der Waals surface area contributed by atoms with Gasteiger partial charge in [-0.3, -0.25) is 0 Å². The van der Waals surface area contributed by atoms with Crippen molar-refractivity contribution < 1.29 is 14.6 Å². The van der Waals surface area contributed by atoms with Crippen LogP contribution in [0.1, 0.15) is 39.0 Å². The molecule has 0 amide bonds. The summed E-state index contributed by atoms with van der Waals surface area (Å²) in [6, 6.07) is 0. The molecule has 4 rings (SSSR count). The van der Waals surface area contributed by atoms with Gasteiger partial charge in [0.15, 0.2) is 6.79 Å². The second kappa shape index (κ2) is 5.78. The number of ether oxygens (including phenoxy) is 2. The van der Waals surface area contributed by atoms with Gasteiger partial charge in [0, 0.05) is 13.0 Å². The topological polar surface area (TPSA) is 38.7 Å². The van der Waals surface area contributed by atoms with E-state index in [-0.39, 0.29) is 11.5 Å². The molecule has 3 nitrogen and oxygen atoms in total. The van der Waals surface area contributed by atoms with Crippen molar-refractivity contribution in [1.82, 2.24) is 0 Å². The Morgan fingerprint density at radius 1 is 1.26 bits per heavy atom. The number of aliphatic hydroxyl groups excluding tert-OH is 1. The Morgan fingerprint density at radius 3 is 2.96 bits per heavy atom. The molecule has 6 atom stereocenters. The predicted octanol–water partition coefficient (Wildman–Crippen LogP) is 3.81. The van der Waals surface area contributed by atoms with E-state index in [1.165, 1.54) is 24.8 Å². The number of hydrogen-bond acceptors (Lipinski definition) is 3. The van der Waals surface area contributed by atoms with Crippen LogP contribution in [0.15, 0.2) is 35.6 Å². The maximum absolute atomic E-state index is 10.5. The average molecular weight is 316 g/mol. The normalized spacial score (nSPS) is 44.7. The SMILES string of the molecule is COCOC1=CC2=CC[C@@H]3[C@H](CC[C@]4(C)[C@@H](O)CC[C@@H]34)[C@H]2C=C1. The maximum Gasteiger partial charge on any atom is 0.188 e. The molecule has 0 bridgehead atoms. The predicted molar refractivity (Wildman–Crippen MR) is 89.4 cm³/mol. The number of allylic oxidation sites excluding steroid dienone is 5. The van der Waals surface area contributed by atoms with Crippen LogP contribution in [-0.2, 0) is 9.47 Å². The van der Waals surface area contributed by atoms with Crippen LogP contribution in [0.3, 0.4) is 0 Å². The van der Waals surface area contributed by atoms with Gasteiger partial charge >= 0.3 is 0 Å². The van der Waals surface area contributed by atoms with Crippen LogP contribution in [0.25, 0.3) is 0 Å². The Hall–Kier alpha value is -1.06. The van der Waals surface area contributed by atoms with E-state index in [0.717, 1.165) is 30.4 Å². The molecule has 0 radical (unpaired) electrons. The molecule has 0 aromatic rings. The van der Waals surface area contributed by atoms with Crippen molar-refractivity contribution in [3.8, 4) is 0 Å². The summed E-state index contributed by atoms with van der Waals surface area (Å²) in [6.45, 7) is 2.64. The summed E-state index contributed by atoms with van der Waals surface area (Å²) < 4.78 is 10.6. The van der Waals surface area contributed by atoms with Gasteiger partial charge in [-0.25, -0.2) is 0 Å². The van der Waals surface area contributed by atoms with Crippen LogP contribution in [0, 0.1) is 29.1 Å². The molecule has 126 valence electrons. The van der Waals surface area contributed by atoms with E-state index in [1.807, 2.05) is 0 Å². The minimum absolute atomic E-state index is 0.0883. The van der Waals surface area contributed by atoms with E-state index in [2.05, 4.69) is 31.2 Å². The van der Waals surface area contributed by atoms with Crippen LogP contribution in [-0.4, -0.2) is 25.1 Å². The van der Waals surface area contributed by atoms with Crippen LogP contribution in [0.2, 0.25) is 0 Å². The third kappa shape index (κ3) is 2.40. The molecule has 4 aliphatic carbocycles. The van der Waals surface area contributed by atoms with E-state index >= 15 is 0 Å². The molecule has 0 heterocycles. The second-order valence-electron chi connectivity index (χ2n) is 7.99. The highest BCUT2D eigenvalue weighted by molar-refractivity contribution is 5.39. The highest BCUT2D eigenvalue weighted by atomic mass is 16.7. The molecular formula is C20H28O3. The smallest absolute Gasteiger partial charge is 0.188 e. The van der Waals surface area contributed by atoms with Gasteiger partial charge in [-0.2, -0.15) is 0 Å². The molecule has 0 aliphatic heterocycles. The Bertz CT molecular complexity index is 561. The zero-order valence-electron chi connectivity index (χ0n) is 14.2. The molecule has 0 aromatic heterocycles. The van der Waals surface area contributed by atoms with Crippen molar-refractivity contribution in [3.05, 3.63) is 35.6 Å². The van der Waals surface area contributed by atoms with Gasteiger partial charge in [-0.1, -0.05) is 19.1 Å². The average Bonchev–Trinajstić information content (AvgIpc) is 2.88. The van der Waals surface area contributed by atoms with Gasteiger partial charge in [-0.05, 0) is 73.0 Å². The zero-order valence-corrected chi connectivity index (χ0v) is 14.2. The lowest BCUT2D eigenvalue weighted by Crippen LogP contribution is -2.46. The number of aliphatic hydroxyl groups is 1. The highest BCUT2D eigenvalue weighted by Crippen LogP contribution is 2.60. The number of hydrogen-bond donors (Lipinski definition) is 1. The summed E-state index contributed by atoms with van der Waals surface area (Å²) in [5.74, 6) is 3.60. The molecule has 3 heteroatoms. The monoisotopic (exact) mass is 316 g/mol. The van der Waals surface area contributed by atoms with Crippen molar-refractivity contribution in [2.45, 2.75) is 45.1 Å². The largest absolute Gasteiger partial charge is 0.468 e. The van der Waals surface area contributed by atoms with Crippen LogP contribution < -0.4 is 0 Å². The molecule has 4 aliphatic rings. The Labute approximate surface area is 139 Å². The number of rotatable bonds is 3. The van der Waals surface area contributed by atoms with Crippen molar-refractivity contribution >= 4 is 0 Å². The molecular weight excluding hydrogens is 288 g/mol. The van der Waals surface area contributed by atoms with Gasteiger partial charge in [0.05, 0.1) is 6.10 Å². The molecule has 0 spiro atoms. The fourth-order valence-corrected chi connectivity index (χ4v) is 5.77. The van der Waals surface area contributed by atoms with Crippen LogP contribution in [0.5, 0.6) is 0 Å². The van der Waals surface area contributed by atoms with Crippen molar-refractivity contribution in [1.29, 1.82) is 0 Å². The lowest BCUT2D eigenvalue weighted by molar-refractivity contribution is -0.0405. The van der Waals surface area contributed by atoms with E-state index in [4.69, 9.17) is 9.47 Å². The highest BCUT2D eigenvalue weighted by Gasteiger charge is 2.55. The third-order valence-corrected chi connectivity index (χ3v) is 7.03. The Kier molecular flexibility index (Phi) is 3.89. The van der Waals surface area contributed by atoms with Crippen molar-refractivity contribution in [3.63, 3.8) is 0 Å². The molecule has 0 unspecified atom stereocenters. The van der Waals surface area contributed by atoms with E-state index in [9.17, 15) is 5.11 Å². The maximum atomic E-state index is 10.5. The summed E-state index contributed by atoms with van der Waals surface area (Å²) in [5.41, 5.74) is 1.58. The lowest BCUT2D eigenvalue weighted by Gasteiger charge is -2.51. The third-order valence-electron chi connectivity index (χ3n) is 7.03. The van der Waals surface area contributed by atoms with Gasteiger partial charge in [0.2, 0.25) is 0 Å². The minimum atomic E-state index is -0.0883. The van der Waals surface area contributed by atoms with Crippen molar-refractivity contribution in [2.75, 3.05) is 13.9 Å². The quantitative estimate of drug-likeness (QED) is 0.805. The van der Waals surface area contributed by atoms with Crippen molar-refractivity contribution in [2.24, 2.45) is 29.1 Å². The molecule has 2 saturated carbocycles. The van der Waals surface area contributed by atoms with Gasteiger partial charge < -0.3 is 14.6 Å². The second-order valence-corrected chi connectivity index (χ2v) is 7.99. The first-order valence-electron chi connectivity index (χ1n) is 9.03. The fraction of sp³-hybridized carbons (Fsp3) is 0.700. The zero-order chi connectivity index (χ0) is 16.0. The van der Waals surface area contributed by atoms with Crippen LogP contribution in [0.4, 0.5) is 0 Å². The van der Waals surface area contributed by atoms with Gasteiger partial charge in [-0.15, -0.1) is 0 Å². The van der Waals surface area contributed by atoms with Gasteiger partial charge in [0.1, 0.15) is 5.76 Å².